The van der Waals surface area contributed by atoms with Gasteiger partial charge in [-0.1, -0.05) is 11.6 Å². The smallest absolute Gasteiger partial charge is 0.263 e. The molecule has 0 saturated heterocycles. The molecule has 0 unspecified atom stereocenters. The molecule has 0 saturated carbocycles. The minimum atomic E-state index is -4.53. The summed E-state index contributed by atoms with van der Waals surface area (Å²) < 4.78 is 52.4. The van der Waals surface area contributed by atoms with Crippen molar-refractivity contribution in [3.05, 3.63) is 40.3 Å². The van der Waals surface area contributed by atoms with E-state index in [0.717, 1.165) is 19.2 Å². The molecular weight excluding hydrogens is 296 g/mol. The summed E-state index contributed by atoms with van der Waals surface area (Å²) >= 11 is 5.74. The number of benzene rings is 1. The molecule has 102 valence electrons. The number of aromatic nitrogens is 2. The second kappa shape index (κ2) is 4.52. The number of alkyl halides is 3. The van der Waals surface area contributed by atoms with Crippen molar-refractivity contribution in [3.8, 4) is 11.3 Å². The summed E-state index contributed by atoms with van der Waals surface area (Å²) in [4.78, 5) is 0. The van der Waals surface area contributed by atoms with Crippen molar-refractivity contribution in [3.63, 3.8) is 0 Å². The first-order valence-electron chi connectivity index (χ1n) is 5.27. The summed E-state index contributed by atoms with van der Waals surface area (Å²) in [7, 11) is 1.16. The van der Waals surface area contributed by atoms with E-state index in [0.29, 0.717) is 10.2 Å². The predicted molar refractivity (Wildman–Crippen MR) is 63.4 cm³/mol. The molecule has 0 aliphatic heterocycles. The standard InChI is InChI=1S/C12H9ClF4N2/c1-6-3-7(9(14)4-8(6)13)10-5-11(12(15,16)17)19(2)18-10/h3-5H,1-2H3/i3+2,4+2,6+2,7+2,8+2,9+2. The third kappa shape index (κ3) is 2.58. The lowest BCUT2D eigenvalue weighted by Gasteiger charge is -2.04. The van der Waals surface area contributed by atoms with Gasteiger partial charge in [0.05, 0.1) is 5.69 Å². The quantitative estimate of drug-likeness (QED) is 0.722. The van der Waals surface area contributed by atoms with Gasteiger partial charge >= 0.3 is 6.18 Å². The molecule has 7 heteroatoms. The van der Waals surface area contributed by atoms with Gasteiger partial charge in [0, 0.05) is 17.6 Å². The second-order valence-electron chi connectivity index (χ2n) is 4.12. The van der Waals surface area contributed by atoms with Gasteiger partial charge < -0.3 is 0 Å². The number of halogens is 5. The first-order valence-corrected chi connectivity index (χ1v) is 5.65. The van der Waals surface area contributed by atoms with Crippen molar-refractivity contribution in [1.82, 2.24) is 9.78 Å². The molecule has 0 atom stereocenters. The average molecular weight is 305 g/mol. The molecule has 0 amide bonds. The minimum absolute atomic E-state index is 0.00648. The Morgan fingerprint density at radius 1 is 1.37 bits per heavy atom. The number of hydrogen-bond donors (Lipinski definition) is 0. The Labute approximate surface area is 111 Å². The zero-order valence-corrected chi connectivity index (χ0v) is 10.8. The van der Waals surface area contributed by atoms with Crippen molar-refractivity contribution in [1.29, 1.82) is 0 Å². The van der Waals surface area contributed by atoms with E-state index in [1.165, 1.54) is 6.07 Å². The Hall–Kier alpha value is -1.56. The van der Waals surface area contributed by atoms with Gasteiger partial charge in [0.2, 0.25) is 0 Å². The molecule has 1 aromatic heterocycles. The highest BCUT2D eigenvalue weighted by Gasteiger charge is 2.35. The van der Waals surface area contributed by atoms with Crippen molar-refractivity contribution in [2.24, 2.45) is 7.05 Å². The maximum absolute atomic E-state index is 13.7. The monoisotopic (exact) mass is 304 g/mol. The molecule has 0 N–H and O–H groups in total. The molecule has 19 heavy (non-hydrogen) atoms. The van der Waals surface area contributed by atoms with Crippen LogP contribution < -0.4 is 0 Å². The number of rotatable bonds is 1. The average Bonchev–Trinajstić information content (AvgIpc) is 2.65. The lowest BCUT2D eigenvalue weighted by Crippen LogP contribution is -2.11. The Bertz CT molecular complexity index is 631. The van der Waals surface area contributed by atoms with E-state index in [9.17, 15) is 17.6 Å². The lowest BCUT2D eigenvalue weighted by atomic mass is 10.4. The van der Waals surface area contributed by atoms with Gasteiger partial charge in [-0.05, 0) is 30.7 Å². The Balaban J connectivity index is 2.58. The Kier molecular flexibility index (Phi) is 3.30. The fraction of sp³-hybridized carbons (Fsp3) is 0.250. The van der Waals surface area contributed by atoms with Crippen LogP contribution in [0, 0.1) is 12.7 Å². The highest BCUT2D eigenvalue weighted by atomic mass is 35.5. The van der Waals surface area contributed by atoms with Crippen molar-refractivity contribution >= 4 is 11.6 Å². The molecule has 2 rings (SSSR count). The maximum atomic E-state index is 13.7. The highest BCUT2D eigenvalue weighted by molar-refractivity contribution is 6.31. The normalized spacial score (nSPS) is 11.9. The van der Waals surface area contributed by atoms with Crippen molar-refractivity contribution in [2.75, 3.05) is 0 Å². The van der Waals surface area contributed by atoms with Crippen LogP contribution in [0.1, 0.15) is 11.3 Å². The predicted octanol–water partition coefficient (Wildman–Crippen LogP) is 4.21. The third-order valence-electron chi connectivity index (χ3n) is 2.69. The summed E-state index contributed by atoms with van der Waals surface area (Å²) in [6.07, 6.45) is -4.53. The molecule has 2 aromatic rings. The Morgan fingerprint density at radius 3 is 2.53 bits per heavy atom. The summed E-state index contributed by atoms with van der Waals surface area (Å²) in [5.74, 6) is -0.706. The van der Waals surface area contributed by atoms with Crippen molar-refractivity contribution < 1.29 is 17.6 Å². The van der Waals surface area contributed by atoms with E-state index < -0.39 is 17.7 Å². The van der Waals surface area contributed by atoms with Gasteiger partial charge in [0.25, 0.3) is 0 Å². The Morgan fingerprint density at radius 2 is 2.00 bits per heavy atom. The number of hydrogen-bond acceptors (Lipinski definition) is 1. The molecule has 0 bridgehead atoms. The molecule has 1 heterocycles. The molecule has 2 nitrogen and oxygen atoms in total. The van der Waals surface area contributed by atoms with E-state index in [4.69, 9.17) is 11.6 Å². The van der Waals surface area contributed by atoms with Crippen LogP contribution in [0.3, 0.4) is 0 Å². The lowest BCUT2D eigenvalue weighted by molar-refractivity contribution is -0.143. The van der Waals surface area contributed by atoms with Crippen LogP contribution in [0.5, 0.6) is 0 Å². The molecule has 0 aliphatic rings. The van der Waals surface area contributed by atoms with Gasteiger partial charge in [-0.15, -0.1) is 0 Å². The summed E-state index contributed by atoms with van der Waals surface area (Å²) in [6, 6.07) is 3.25. The van der Waals surface area contributed by atoms with E-state index in [1.54, 1.807) is 6.92 Å². The third-order valence-corrected chi connectivity index (χ3v) is 3.10. The first-order chi connectivity index (χ1) is 8.70. The van der Waals surface area contributed by atoms with Crippen LogP contribution in [-0.2, 0) is 13.2 Å². The molecule has 0 fully saturated rings. The van der Waals surface area contributed by atoms with Gasteiger partial charge in [0.15, 0.2) is 0 Å². The molecule has 0 aliphatic carbocycles. The number of aryl methyl sites for hydroxylation is 2. The minimum Gasteiger partial charge on any atom is -0.263 e. The largest absolute Gasteiger partial charge is 0.433 e. The first kappa shape index (κ1) is 13.9. The molecular formula is C12H9ClF4N2. The highest BCUT2D eigenvalue weighted by Crippen LogP contribution is 2.33. The molecule has 0 spiro atoms. The van der Waals surface area contributed by atoms with E-state index in [1.807, 2.05) is 0 Å². The summed E-state index contributed by atoms with van der Waals surface area (Å²) in [5.41, 5.74) is -0.452. The number of nitrogens with zero attached hydrogens (tertiary/aromatic N) is 2. The van der Waals surface area contributed by atoms with Crippen LogP contribution in [0.15, 0.2) is 18.2 Å². The van der Waals surface area contributed by atoms with Gasteiger partial charge in [-0.2, -0.15) is 18.3 Å². The van der Waals surface area contributed by atoms with Crippen LogP contribution in [0.2, 0.25) is 5.02 Å². The van der Waals surface area contributed by atoms with Gasteiger partial charge in [-0.3, -0.25) is 4.68 Å². The van der Waals surface area contributed by atoms with Crippen LogP contribution in [0.25, 0.3) is 11.3 Å². The molecule has 0 radical (unpaired) electrons. The summed E-state index contributed by atoms with van der Waals surface area (Å²) in [6.45, 7) is 1.64. The van der Waals surface area contributed by atoms with Crippen LogP contribution >= 0.6 is 11.6 Å². The van der Waals surface area contributed by atoms with Crippen molar-refractivity contribution in [2.45, 2.75) is 13.1 Å². The molecule has 1 aromatic carbocycles. The van der Waals surface area contributed by atoms with Gasteiger partial charge in [-0.25, -0.2) is 4.39 Å². The van der Waals surface area contributed by atoms with Crippen LogP contribution in [0.4, 0.5) is 17.6 Å². The van der Waals surface area contributed by atoms with E-state index >= 15 is 0 Å². The fourth-order valence-corrected chi connectivity index (χ4v) is 1.87. The SMILES string of the molecule is C[14c]1[14cH][14c](-c2cc(C(F)(F)F)n(C)n2)[14c](F)[14cH][14c]1Cl. The fourth-order valence-electron chi connectivity index (χ4n) is 1.72. The topological polar surface area (TPSA) is 17.8 Å². The zero-order valence-electron chi connectivity index (χ0n) is 10.0. The maximum Gasteiger partial charge on any atom is 0.433 e. The van der Waals surface area contributed by atoms with E-state index in [2.05, 4.69) is 5.10 Å². The second-order valence-corrected chi connectivity index (χ2v) is 4.52. The van der Waals surface area contributed by atoms with Crippen LogP contribution in [-0.4, -0.2) is 9.78 Å². The van der Waals surface area contributed by atoms with E-state index in [-0.39, 0.29) is 16.3 Å². The van der Waals surface area contributed by atoms with Gasteiger partial charge in [0.1, 0.15) is 11.5 Å². The zero-order chi connectivity index (χ0) is 14.4. The summed E-state index contributed by atoms with van der Waals surface area (Å²) in [5, 5.41) is 3.91.